The van der Waals surface area contributed by atoms with E-state index in [2.05, 4.69) is 20.4 Å². The van der Waals surface area contributed by atoms with Gasteiger partial charge in [-0.05, 0) is 38.1 Å². The van der Waals surface area contributed by atoms with Crippen LogP contribution in [0.1, 0.15) is 24.6 Å². The fraction of sp³-hybridized carbons (Fsp3) is 0.438. The van der Waals surface area contributed by atoms with Crippen LogP contribution in [0.25, 0.3) is 0 Å². The number of amides is 1. The monoisotopic (exact) mass is 351 g/mol. The normalized spacial score (nSPS) is 15.7. The SMILES string of the molecule is Cl.NCc1nc(CN2CCC(C(=O)Nc3ccccc3)CC2)no1. The highest BCUT2D eigenvalue weighted by Crippen LogP contribution is 2.20. The third-order valence-corrected chi connectivity index (χ3v) is 4.05. The molecule has 1 aliphatic rings. The quantitative estimate of drug-likeness (QED) is 0.852. The highest BCUT2D eigenvalue weighted by molar-refractivity contribution is 5.92. The zero-order valence-electron chi connectivity index (χ0n) is 13.4. The van der Waals surface area contributed by atoms with Crippen molar-refractivity contribution in [1.29, 1.82) is 0 Å². The van der Waals surface area contributed by atoms with Crippen molar-refractivity contribution in [3.05, 3.63) is 42.0 Å². The molecule has 0 saturated carbocycles. The molecule has 8 heteroatoms. The Morgan fingerprint density at radius 3 is 2.62 bits per heavy atom. The molecule has 1 saturated heterocycles. The van der Waals surface area contributed by atoms with Crippen LogP contribution in [-0.2, 0) is 17.9 Å². The first-order chi connectivity index (χ1) is 11.2. The molecular weight excluding hydrogens is 330 g/mol. The number of hydrogen-bond donors (Lipinski definition) is 2. The van der Waals surface area contributed by atoms with Crippen LogP contribution in [0.15, 0.2) is 34.9 Å². The van der Waals surface area contributed by atoms with Crippen molar-refractivity contribution in [3.8, 4) is 0 Å². The van der Waals surface area contributed by atoms with Crippen LogP contribution in [0.2, 0.25) is 0 Å². The van der Waals surface area contributed by atoms with E-state index in [1.807, 2.05) is 30.3 Å². The van der Waals surface area contributed by atoms with Crippen molar-refractivity contribution in [1.82, 2.24) is 15.0 Å². The lowest BCUT2D eigenvalue weighted by atomic mass is 9.96. The van der Waals surface area contributed by atoms with E-state index in [0.29, 0.717) is 18.3 Å². The van der Waals surface area contributed by atoms with E-state index in [4.69, 9.17) is 10.3 Å². The number of piperidine rings is 1. The maximum Gasteiger partial charge on any atom is 0.240 e. The maximum atomic E-state index is 12.3. The molecule has 1 aliphatic heterocycles. The molecular formula is C16H22ClN5O2. The Hall–Kier alpha value is -1.96. The second kappa shape index (κ2) is 8.77. The molecule has 1 fully saturated rings. The number of carbonyl (C=O) groups excluding carboxylic acids is 1. The number of aromatic nitrogens is 2. The molecule has 24 heavy (non-hydrogen) atoms. The smallest absolute Gasteiger partial charge is 0.240 e. The molecule has 0 bridgehead atoms. The second-order valence-corrected chi connectivity index (χ2v) is 5.71. The molecule has 3 N–H and O–H groups in total. The van der Waals surface area contributed by atoms with Crippen LogP contribution in [-0.4, -0.2) is 34.0 Å². The minimum Gasteiger partial charge on any atom is -0.338 e. The van der Waals surface area contributed by atoms with Crippen molar-refractivity contribution in [2.24, 2.45) is 11.7 Å². The minimum absolute atomic E-state index is 0. The molecule has 1 amide bonds. The first kappa shape index (κ1) is 18.4. The Morgan fingerprint density at radius 2 is 2.00 bits per heavy atom. The predicted molar refractivity (Wildman–Crippen MR) is 92.5 cm³/mol. The summed E-state index contributed by atoms with van der Waals surface area (Å²) in [5, 5.41) is 6.88. The summed E-state index contributed by atoms with van der Waals surface area (Å²) in [4.78, 5) is 18.7. The third-order valence-electron chi connectivity index (χ3n) is 4.05. The first-order valence-electron chi connectivity index (χ1n) is 7.84. The van der Waals surface area contributed by atoms with Crippen molar-refractivity contribution in [2.75, 3.05) is 18.4 Å². The molecule has 130 valence electrons. The number of rotatable bonds is 5. The lowest BCUT2D eigenvalue weighted by Crippen LogP contribution is -2.38. The van der Waals surface area contributed by atoms with Gasteiger partial charge in [-0.15, -0.1) is 12.4 Å². The average molecular weight is 352 g/mol. The van der Waals surface area contributed by atoms with Crippen LogP contribution >= 0.6 is 12.4 Å². The standard InChI is InChI=1S/C16H21N5O2.ClH/c17-10-15-19-14(20-23-15)11-21-8-6-12(7-9-21)16(22)18-13-4-2-1-3-5-13;/h1-5,12H,6-11,17H2,(H,18,22);1H. The summed E-state index contributed by atoms with van der Waals surface area (Å²) in [5.74, 6) is 1.26. The summed E-state index contributed by atoms with van der Waals surface area (Å²) in [5.41, 5.74) is 6.30. The highest BCUT2D eigenvalue weighted by atomic mass is 35.5. The topological polar surface area (TPSA) is 97.3 Å². The van der Waals surface area contributed by atoms with Gasteiger partial charge in [-0.25, -0.2) is 0 Å². The first-order valence-corrected chi connectivity index (χ1v) is 7.84. The van der Waals surface area contributed by atoms with Gasteiger partial charge in [0.25, 0.3) is 0 Å². The van der Waals surface area contributed by atoms with Gasteiger partial charge in [-0.2, -0.15) is 4.98 Å². The molecule has 2 heterocycles. The molecule has 2 aromatic rings. The van der Waals surface area contributed by atoms with E-state index < -0.39 is 0 Å². The van der Waals surface area contributed by atoms with Crippen LogP contribution < -0.4 is 11.1 Å². The fourth-order valence-electron chi connectivity index (χ4n) is 2.76. The summed E-state index contributed by atoms with van der Waals surface area (Å²) < 4.78 is 5.00. The maximum absolute atomic E-state index is 12.3. The molecule has 0 unspecified atom stereocenters. The number of likely N-dealkylation sites (tertiary alicyclic amines) is 1. The molecule has 1 aromatic heterocycles. The zero-order valence-corrected chi connectivity index (χ0v) is 14.2. The predicted octanol–water partition coefficient (Wildman–Crippen LogP) is 1.80. The number of nitrogens with two attached hydrogens (primary N) is 1. The Kier molecular flexibility index (Phi) is 6.72. The molecule has 7 nitrogen and oxygen atoms in total. The van der Waals surface area contributed by atoms with Gasteiger partial charge in [0, 0.05) is 11.6 Å². The number of nitrogens with one attached hydrogen (secondary N) is 1. The van der Waals surface area contributed by atoms with E-state index in [1.165, 1.54) is 0 Å². The van der Waals surface area contributed by atoms with Crippen LogP contribution in [0, 0.1) is 5.92 Å². The summed E-state index contributed by atoms with van der Waals surface area (Å²) in [6.45, 7) is 2.59. The molecule has 0 spiro atoms. The van der Waals surface area contributed by atoms with Gasteiger partial charge >= 0.3 is 0 Å². The number of anilines is 1. The summed E-state index contributed by atoms with van der Waals surface area (Å²) in [7, 11) is 0. The average Bonchev–Trinajstić information content (AvgIpc) is 3.04. The Labute approximate surface area is 147 Å². The van der Waals surface area contributed by atoms with Crippen LogP contribution in [0.4, 0.5) is 5.69 Å². The molecule has 3 rings (SSSR count). The van der Waals surface area contributed by atoms with Crippen LogP contribution in [0.3, 0.4) is 0 Å². The molecule has 0 radical (unpaired) electrons. The van der Waals surface area contributed by atoms with Crippen LogP contribution in [0.5, 0.6) is 0 Å². The second-order valence-electron chi connectivity index (χ2n) is 5.71. The van der Waals surface area contributed by atoms with Gasteiger partial charge < -0.3 is 15.6 Å². The van der Waals surface area contributed by atoms with E-state index in [9.17, 15) is 4.79 Å². The highest BCUT2D eigenvalue weighted by Gasteiger charge is 2.25. The van der Waals surface area contributed by atoms with E-state index in [1.54, 1.807) is 0 Å². The number of hydrogen-bond acceptors (Lipinski definition) is 6. The van der Waals surface area contributed by atoms with E-state index in [0.717, 1.165) is 31.6 Å². The van der Waals surface area contributed by atoms with Crippen molar-refractivity contribution in [3.63, 3.8) is 0 Å². The summed E-state index contributed by atoms with van der Waals surface area (Å²) in [6, 6.07) is 9.57. The van der Waals surface area contributed by atoms with Gasteiger partial charge in [-0.3, -0.25) is 9.69 Å². The van der Waals surface area contributed by atoms with Gasteiger partial charge in [0.05, 0.1) is 13.1 Å². The number of halogens is 1. The summed E-state index contributed by atoms with van der Waals surface area (Å²) >= 11 is 0. The van der Waals surface area contributed by atoms with Crippen molar-refractivity contribution >= 4 is 24.0 Å². The number of para-hydroxylation sites is 1. The Bertz CT molecular complexity index is 641. The lowest BCUT2D eigenvalue weighted by molar-refractivity contribution is -0.121. The lowest BCUT2D eigenvalue weighted by Gasteiger charge is -2.30. The molecule has 0 atom stereocenters. The number of carbonyl (C=O) groups is 1. The van der Waals surface area contributed by atoms with E-state index >= 15 is 0 Å². The summed E-state index contributed by atoms with van der Waals surface area (Å²) in [6.07, 6.45) is 1.67. The Morgan fingerprint density at radius 1 is 1.29 bits per heavy atom. The minimum atomic E-state index is 0. The van der Waals surface area contributed by atoms with Gasteiger partial charge in [0.15, 0.2) is 5.82 Å². The van der Waals surface area contributed by atoms with Gasteiger partial charge in [0.1, 0.15) is 0 Å². The largest absolute Gasteiger partial charge is 0.338 e. The number of benzene rings is 1. The zero-order chi connectivity index (χ0) is 16.1. The van der Waals surface area contributed by atoms with Gasteiger partial charge in [0.2, 0.25) is 11.8 Å². The number of nitrogens with zero attached hydrogens (tertiary/aromatic N) is 3. The van der Waals surface area contributed by atoms with Gasteiger partial charge in [-0.1, -0.05) is 23.4 Å². The van der Waals surface area contributed by atoms with E-state index in [-0.39, 0.29) is 30.8 Å². The Balaban J connectivity index is 0.00000208. The third kappa shape index (κ3) is 4.77. The molecule has 1 aromatic carbocycles. The fourth-order valence-corrected chi connectivity index (χ4v) is 2.76. The van der Waals surface area contributed by atoms with Crippen molar-refractivity contribution in [2.45, 2.75) is 25.9 Å². The molecule has 0 aliphatic carbocycles. The van der Waals surface area contributed by atoms with Crippen molar-refractivity contribution < 1.29 is 9.32 Å².